The molecule has 7 nitrogen and oxygen atoms in total. The highest BCUT2D eigenvalue weighted by Crippen LogP contribution is 2.28. The van der Waals surface area contributed by atoms with Gasteiger partial charge in [0.1, 0.15) is 0 Å². The summed E-state index contributed by atoms with van der Waals surface area (Å²) in [5, 5.41) is 5.81. The van der Waals surface area contributed by atoms with Crippen molar-refractivity contribution in [2.24, 2.45) is 0 Å². The lowest BCUT2D eigenvalue weighted by Crippen LogP contribution is -2.25. The number of nitrogens with one attached hydrogen (secondary N) is 2. The van der Waals surface area contributed by atoms with Gasteiger partial charge in [-0.2, -0.15) is 0 Å². The Kier molecular flexibility index (Phi) is 8.08. The molecular formula is C18H25ClN4O3S. The lowest BCUT2D eigenvalue weighted by molar-refractivity contribution is -0.114. The van der Waals surface area contributed by atoms with Gasteiger partial charge in [-0.05, 0) is 30.3 Å². The van der Waals surface area contributed by atoms with E-state index in [0.29, 0.717) is 5.69 Å². The van der Waals surface area contributed by atoms with Crippen LogP contribution in [-0.4, -0.2) is 53.4 Å². The molecule has 0 aliphatic heterocycles. The first-order chi connectivity index (χ1) is 12.2. The van der Waals surface area contributed by atoms with E-state index in [4.69, 9.17) is 0 Å². The van der Waals surface area contributed by atoms with Gasteiger partial charge in [0.25, 0.3) is 0 Å². The van der Waals surface area contributed by atoms with Crippen molar-refractivity contribution in [3.8, 4) is 0 Å². The Bertz CT molecular complexity index is 871. The maximum atomic E-state index is 12.3. The Balaban J connectivity index is 0.00000364. The van der Waals surface area contributed by atoms with E-state index in [9.17, 15) is 13.2 Å². The van der Waals surface area contributed by atoms with Gasteiger partial charge in [0, 0.05) is 33.9 Å². The van der Waals surface area contributed by atoms with Gasteiger partial charge in [-0.15, -0.1) is 12.4 Å². The van der Waals surface area contributed by atoms with Gasteiger partial charge in [0.05, 0.1) is 22.8 Å². The molecule has 0 aromatic heterocycles. The second-order valence-electron chi connectivity index (χ2n) is 6.13. The van der Waals surface area contributed by atoms with Crippen molar-refractivity contribution >= 4 is 45.4 Å². The molecule has 2 N–H and O–H groups in total. The van der Waals surface area contributed by atoms with Gasteiger partial charge in [-0.3, -0.25) is 4.79 Å². The molecule has 0 spiro atoms. The lowest BCUT2D eigenvalue weighted by atomic mass is 10.2. The number of halogens is 1. The normalized spacial score (nSPS) is 10.9. The number of benzene rings is 2. The fraction of sp³-hybridized carbons (Fsp3) is 0.278. The van der Waals surface area contributed by atoms with Crippen LogP contribution < -0.4 is 15.5 Å². The summed E-state index contributed by atoms with van der Waals surface area (Å²) in [4.78, 5) is 14.2. The minimum absolute atomic E-state index is 0. The van der Waals surface area contributed by atoms with Crippen molar-refractivity contribution < 1.29 is 13.2 Å². The number of anilines is 3. The highest BCUT2D eigenvalue weighted by atomic mass is 35.5. The van der Waals surface area contributed by atoms with Gasteiger partial charge in [0.15, 0.2) is 0 Å². The topological polar surface area (TPSA) is 81.8 Å². The molecular weight excluding hydrogens is 388 g/mol. The standard InChI is InChI=1S/C18H24N4O3S.ClH/c1-21(2)17-11-10-15(26(24,25)22(3)4)12-16(17)20-18(23)13-19-14-8-6-5-7-9-14;/h5-12,19H,13H2,1-4H3,(H,20,23);1H. The Morgan fingerprint density at radius 3 is 2.19 bits per heavy atom. The third-order valence-electron chi connectivity index (χ3n) is 3.73. The van der Waals surface area contributed by atoms with Crippen LogP contribution in [0.2, 0.25) is 0 Å². The minimum atomic E-state index is -3.59. The second kappa shape index (κ2) is 9.59. The molecule has 0 heterocycles. The molecule has 0 saturated carbocycles. The summed E-state index contributed by atoms with van der Waals surface area (Å²) in [5.41, 5.74) is 1.99. The Hall–Kier alpha value is -2.29. The molecule has 0 aliphatic rings. The van der Waals surface area contributed by atoms with Crippen LogP contribution in [0.25, 0.3) is 0 Å². The SMILES string of the molecule is CN(C)c1ccc(S(=O)(=O)N(C)C)cc1NC(=O)CNc1ccccc1.Cl. The summed E-state index contributed by atoms with van der Waals surface area (Å²) in [5.74, 6) is -0.267. The van der Waals surface area contributed by atoms with Crippen molar-refractivity contribution in [3.05, 3.63) is 48.5 Å². The van der Waals surface area contributed by atoms with Crippen molar-refractivity contribution in [2.75, 3.05) is 50.3 Å². The highest BCUT2D eigenvalue weighted by molar-refractivity contribution is 7.89. The van der Waals surface area contributed by atoms with Gasteiger partial charge in [-0.1, -0.05) is 18.2 Å². The third kappa shape index (κ3) is 5.85. The van der Waals surface area contributed by atoms with E-state index in [0.717, 1.165) is 15.7 Å². The molecule has 27 heavy (non-hydrogen) atoms. The first-order valence-electron chi connectivity index (χ1n) is 8.04. The van der Waals surface area contributed by atoms with E-state index in [1.807, 2.05) is 49.3 Å². The zero-order valence-corrected chi connectivity index (χ0v) is 17.4. The van der Waals surface area contributed by atoms with Gasteiger partial charge >= 0.3 is 0 Å². The summed E-state index contributed by atoms with van der Waals surface area (Å²) in [6, 6.07) is 14.1. The second-order valence-corrected chi connectivity index (χ2v) is 8.28. The van der Waals surface area contributed by atoms with Crippen LogP contribution in [-0.2, 0) is 14.8 Å². The van der Waals surface area contributed by atoms with Crippen molar-refractivity contribution in [2.45, 2.75) is 4.90 Å². The van der Waals surface area contributed by atoms with E-state index < -0.39 is 10.0 Å². The summed E-state index contributed by atoms with van der Waals surface area (Å²) in [7, 11) is 3.01. The third-order valence-corrected chi connectivity index (χ3v) is 5.54. The first kappa shape index (κ1) is 22.8. The number of para-hydroxylation sites is 1. The van der Waals surface area contributed by atoms with Crippen molar-refractivity contribution in [3.63, 3.8) is 0 Å². The summed E-state index contributed by atoms with van der Waals surface area (Å²) >= 11 is 0. The number of nitrogens with zero attached hydrogens (tertiary/aromatic N) is 2. The molecule has 0 saturated heterocycles. The van der Waals surface area contributed by atoms with Crippen molar-refractivity contribution in [1.29, 1.82) is 0 Å². The quantitative estimate of drug-likeness (QED) is 0.730. The fourth-order valence-corrected chi connectivity index (χ4v) is 3.24. The van der Waals surface area contributed by atoms with Crippen LogP contribution >= 0.6 is 12.4 Å². The molecule has 148 valence electrons. The zero-order chi connectivity index (χ0) is 19.3. The molecule has 0 unspecified atom stereocenters. The largest absolute Gasteiger partial charge is 0.376 e. The zero-order valence-electron chi connectivity index (χ0n) is 15.8. The number of amides is 1. The number of sulfonamides is 1. The van der Waals surface area contributed by atoms with Crippen LogP contribution in [0.5, 0.6) is 0 Å². The number of rotatable bonds is 7. The Morgan fingerprint density at radius 2 is 1.63 bits per heavy atom. The van der Waals surface area contributed by atoms with Gasteiger partial charge in [-0.25, -0.2) is 12.7 Å². The number of hydrogen-bond acceptors (Lipinski definition) is 5. The molecule has 0 aliphatic carbocycles. The van der Waals surface area contributed by atoms with E-state index >= 15 is 0 Å². The summed E-state index contributed by atoms with van der Waals surface area (Å²) < 4.78 is 25.8. The van der Waals surface area contributed by atoms with E-state index in [1.165, 1.54) is 26.2 Å². The van der Waals surface area contributed by atoms with E-state index in [2.05, 4.69) is 10.6 Å². The molecule has 0 atom stereocenters. The number of hydrogen-bond donors (Lipinski definition) is 2. The van der Waals surface area contributed by atoms with Crippen LogP contribution in [0, 0.1) is 0 Å². The van der Waals surface area contributed by atoms with Gasteiger partial charge in [0.2, 0.25) is 15.9 Å². The minimum Gasteiger partial charge on any atom is -0.376 e. The van der Waals surface area contributed by atoms with Crippen molar-refractivity contribution in [1.82, 2.24) is 4.31 Å². The predicted molar refractivity (Wildman–Crippen MR) is 112 cm³/mol. The average molecular weight is 413 g/mol. The van der Waals surface area contributed by atoms with Crippen LogP contribution in [0.1, 0.15) is 0 Å². The maximum Gasteiger partial charge on any atom is 0.243 e. The number of carbonyl (C=O) groups is 1. The van der Waals surface area contributed by atoms with Crippen LogP contribution in [0.3, 0.4) is 0 Å². The Labute approximate surface area is 166 Å². The maximum absolute atomic E-state index is 12.3. The predicted octanol–water partition coefficient (Wildman–Crippen LogP) is 2.48. The smallest absolute Gasteiger partial charge is 0.243 e. The molecule has 9 heteroatoms. The highest BCUT2D eigenvalue weighted by Gasteiger charge is 2.20. The summed E-state index contributed by atoms with van der Waals surface area (Å²) in [6.45, 7) is 0.0710. The fourth-order valence-electron chi connectivity index (χ4n) is 2.31. The monoisotopic (exact) mass is 412 g/mol. The number of carbonyl (C=O) groups excluding carboxylic acids is 1. The van der Waals surface area contributed by atoms with Crippen LogP contribution in [0.15, 0.2) is 53.4 Å². The van der Waals surface area contributed by atoms with Gasteiger partial charge < -0.3 is 15.5 Å². The van der Waals surface area contributed by atoms with E-state index in [1.54, 1.807) is 6.07 Å². The van der Waals surface area contributed by atoms with Crippen LogP contribution in [0.4, 0.5) is 17.1 Å². The lowest BCUT2D eigenvalue weighted by Gasteiger charge is -2.20. The Morgan fingerprint density at radius 1 is 1.00 bits per heavy atom. The molecule has 0 bridgehead atoms. The summed E-state index contributed by atoms with van der Waals surface area (Å²) in [6.07, 6.45) is 0. The average Bonchev–Trinajstić information content (AvgIpc) is 2.60. The molecule has 2 aromatic carbocycles. The molecule has 0 fully saturated rings. The molecule has 0 radical (unpaired) electrons. The molecule has 2 rings (SSSR count). The van der Waals surface area contributed by atoms with E-state index in [-0.39, 0.29) is 29.8 Å². The molecule has 2 aromatic rings. The molecule has 1 amide bonds. The first-order valence-corrected chi connectivity index (χ1v) is 9.48.